The smallest absolute Gasteiger partial charge is 0.202 e. The predicted molar refractivity (Wildman–Crippen MR) is 70.4 cm³/mol. The molecule has 0 fully saturated rings. The number of hydrogen-bond acceptors (Lipinski definition) is 4. The SMILES string of the molecule is CCN(C)CCn1ccnc1NCCCOC. The highest BCUT2D eigenvalue weighted by Gasteiger charge is 2.02. The summed E-state index contributed by atoms with van der Waals surface area (Å²) in [6, 6.07) is 0. The summed E-state index contributed by atoms with van der Waals surface area (Å²) >= 11 is 0. The lowest BCUT2D eigenvalue weighted by Crippen LogP contribution is -2.23. The first-order chi connectivity index (χ1) is 8.27. The van der Waals surface area contributed by atoms with Crippen molar-refractivity contribution in [1.29, 1.82) is 0 Å². The molecule has 17 heavy (non-hydrogen) atoms. The summed E-state index contributed by atoms with van der Waals surface area (Å²) in [5, 5.41) is 3.32. The minimum Gasteiger partial charge on any atom is -0.385 e. The Bertz CT molecular complexity index is 300. The van der Waals surface area contributed by atoms with Crippen LogP contribution in [0.25, 0.3) is 0 Å². The van der Waals surface area contributed by atoms with Gasteiger partial charge in [0, 0.05) is 45.7 Å². The minimum atomic E-state index is 0.784. The van der Waals surface area contributed by atoms with Crippen LogP contribution in [0.4, 0.5) is 5.95 Å². The fourth-order valence-electron chi connectivity index (χ4n) is 1.51. The van der Waals surface area contributed by atoms with Crippen LogP contribution in [0.5, 0.6) is 0 Å². The van der Waals surface area contributed by atoms with Crippen LogP contribution in [0.1, 0.15) is 13.3 Å². The summed E-state index contributed by atoms with van der Waals surface area (Å²) in [4.78, 5) is 6.60. The van der Waals surface area contributed by atoms with E-state index in [0.29, 0.717) is 0 Å². The summed E-state index contributed by atoms with van der Waals surface area (Å²) in [7, 11) is 3.85. The lowest BCUT2D eigenvalue weighted by atomic mass is 10.4. The maximum atomic E-state index is 5.01. The Hall–Kier alpha value is -1.07. The van der Waals surface area contributed by atoms with E-state index < -0.39 is 0 Å². The molecule has 5 nitrogen and oxygen atoms in total. The van der Waals surface area contributed by atoms with Gasteiger partial charge in [0.25, 0.3) is 0 Å². The highest BCUT2D eigenvalue weighted by molar-refractivity contribution is 5.25. The van der Waals surface area contributed by atoms with Gasteiger partial charge in [-0.25, -0.2) is 4.98 Å². The first kappa shape index (κ1) is 14.0. The molecule has 0 radical (unpaired) electrons. The molecule has 0 bridgehead atoms. The van der Waals surface area contributed by atoms with Crippen molar-refractivity contribution in [2.45, 2.75) is 19.9 Å². The molecule has 1 N–H and O–H groups in total. The molecule has 0 aliphatic heterocycles. The van der Waals surface area contributed by atoms with Gasteiger partial charge >= 0.3 is 0 Å². The first-order valence-electron chi connectivity index (χ1n) is 6.20. The third-order valence-electron chi connectivity index (χ3n) is 2.79. The van der Waals surface area contributed by atoms with Gasteiger partial charge in [0.15, 0.2) is 0 Å². The van der Waals surface area contributed by atoms with Crippen molar-refractivity contribution in [1.82, 2.24) is 14.5 Å². The molecule has 0 aromatic carbocycles. The molecule has 98 valence electrons. The van der Waals surface area contributed by atoms with Crippen LogP contribution in [0.2, 0.25) is 0 Å². The number of nitrogens with one attached hydrogen (secondary N) is 1. The summed E-state index contributed by atoms with van der Waals surface area (Å²) < 4.78 is 7.16. The normalized spacial score (nSPS) is 11.1. The third kappa shape index (κ3) is 5.19. The molecule has 5 heteroatoms. The molecule has 0 saturated heterocycles. The second kappa shape index (κ2) is 8.08. The van der Waals surface area contributed by atoms with Gasteiger partial charge in [0.1, 0.15) is 0 Å². The zero-order valence-corrected chi connectivity index (χ0v) is 11.1. The van der Waals surface area contributed by atoms with Crippen molar-refractivity contribution >= 4 is 5.95 Å². The van der Waals surface area contributed by atoms with Crippen molar-refractivity contribution in [2.24, 2.45) is 0 Å². The topological polar surface area (TPSA) is 42.3 Å². The van der Waals surface area contributed by atoms with Gasteiger partial charge in [-0.3, -0.25) is 0 Å². The number of nitrogens with zero attached hydrogens (tertiary/aromatic N) is 3. The Morgan fingerprint density at radius 3 is 3.06 bits per heavy atom. The van der Waals surface area contributed by atoms with Gasteiger partial charge in [-0.2, -0.15) is 0 Å². The van der Waals surface area contributed by atoms with E-state index >= 15 is 0 Å². The number of hydrogen-bond donors (Lipinski definition) is 1. The summed E-state index contributed by atoms with van der Waals surface area (Å²) in [5.41, 5.74) is 0. The van der Waals surface area contributed by atoms with Crippen molar-refractivity contribution in [2.75, 3.05) is 45.7 Å². The molecule has 1 aromatic heterocycles. The van der Waals surface area contributed by atoms with Crippen LogP contribution in [0.15, 0.2) is 12.4 Å². The second-order valence-electron chi connectivity index (χ2n) is 4.11. The number of methoxy groups -OCH3 is 1. The summed E-state index contributed by atoms with van der Waals surface area (Å²) in [5.74, 6) is 0.950. The largest absolute Gasteiger partial charge is 0.385 e. The van der Waals surface area contributed by atoms with Gasteiger partial charge in [0.2, 0.25) is 5.95 Å². The molecule has 0 spiro atoms. The highest BCUT2D eigenvalue weighted by Crippen LogP contribution is 2.04. The molecular weight excluding hydrogens is 216 g/mol. The van der Waals surface area contributed by atoms with Crippen LogP contribution >= 0.6 is 0 Å². The number of ether oxygens (including phenoxy) is 1. The number of imidazole rings is 1. The lowest BCUT2D eigenvalue weighted by Gasteiger charge is -2.15. The van der Waals surface area contributed by atoms with Crippen LogP contribution < -0.4 is 5.32 Å². The van der Waals surface area contributed by atoms with Crippen LogP contribution in [0, 0.1) is 0 Å². The number of aromatic nitrogens is 2. The summed E-state index contributed by atoms with van der Waals surface area (Å²) in [6.45, 7) is 6.93. The molecule has 0 aliphatic rings. The molecular formula is C12H24N4O. The quantitative estimate of drug-likeness (QED) is 0.660. The van der Waals surface area contributed by atoms with Crippen molar-refractivity contribution in [3.05, 3.63) is 12.4 Å². The zero-order chi connectivity index (χ0) is 12.5. The van der Waals surface area contributed by atoms with Crippen molar-refractivity contribution < 1.29 is 4.74 Å². The van der Waals surface area contributed by atoms with Crippen molar-refractivity contribution in [3.63, 3.8) is 0 Å². The van der Waals surface area contributed by atoms with E-state index in [4.69, 9.17) is 4.74 Å². The molecule has 1 heterocycles. The first-order valence-corrected chi connectivity index (χ1v) is 6.20. The van der Waals surface area contributed by atoms with E-state index in [0.717, 1.165) is 45.2 Å². The molecule has 1 aromatic rings. The predicted octanol–water partition coefficient (Wildman–Crippen LogP) is 1.28. The number of likely N-dealkylation sites (N-methyl/N-ethyl adjacent to an activating group) is 1. The highest BCUT2D eigenvalue weighted by atomic mass is 16.5. The van der Waals surface area contributed by atoms with Crippen LogP contribution in [-0.2, 0) is 11.3 Å². The van der Waals surface area contributed by atoms with Crippen LogP contribution in [-0.4, -0.2) is 54.8 Å². The second-order valence-corrected chi connectivity index (χ2v) is 4.11. The average Bonchev–Trinajstić information content (AvgIpc) is 2.79. The van der Waals surface area contributed by atoms with Gasteiger partial charge < -0.3 is 19.5 Å². The third-order valence-corrected chi connectivity index (χ3v) is 2.79. The van der Waals surface area contributed by atoms with Gasteiger partial charge in [-0.15, -0.1) is 0 Å². The Balaban J connectivity index is 2.32. The maximum absolute atomic E-state index is 5.01. The Morgan fingerprint density at radius 2 is 2.35 bits per heavy atom. The minimum absolute atomic E-state index is 0.784. The van der Waals surface area contributed by atoms with Gasteiger partial charge in [-0.05, 0) is 20.0 Å². The zero-order valence-electron chi connectivity index (χ0n) is 11.1. The Labute approximate surface area is 104 Å². The Morgan fingerprint density at radius 1 is 1.53 bits per heavy atom. The Kier molecular flexibility index (Phi) is 6.65. The standard InChI is InChI=1S/C12H24N4O/c1-4-15(2)9-10-16-8-7-14-12(16)13-6-5-11-17-3/h7-8H,4-6,9-11H2,1-3H3,(H,13,14). The molecule has 0 amide bonds. The van der Waals surface area contributed by atoms with E-state index in [2.05, 4.69) is 33.7 Å². The molecule has 1 rings (SSSR count). The fourth-order valence-corrected chi connectivity index (χ4v) is 1.51. The lowest BCUT2D eigenvalue weighted by molar-refractivity contribution is 0.197. The molecule has 0 aliphatic carbocycles. The number of anilines is 1. The van der Waals surface area contributed by atoms with E-state index in [1.54, 1.807) is 7.11 Å². The van der Waals surface area contributed by atoms with Crippen molar-refractivity contribution in [3.8, 4) is 0 Å². The van der Waals surface area contributed by atoms with Gasteiger partial charge in [-0.1, -0.05) is 6.92 Å². The molecule has 0 atom stereocenters. The van der Waals surface area contributed by atoms with Crippen LogP contribution in [0.3, 0.4) is 0 Å². The number of rotatable bonds is 9. The average molecular weight is 240 g/mol. The molecule has 0 unspecified atom stereocenters. The summed E-state index contributed by atoms with van der Waals surface area (Å²) in [6.07, 6.45) is 4.85. The molecule has 0 saturated carbocycles. The van der Waals surface area contributed by atoms with Gasteiger partial charge in [0.05, 0.1) is 0 Å². The monoisotopic (exact) mass is 240 g/mol. The van der Waals surface area contributed by atoms with E-state index in [9.17, 15) is 0 Å². The van der Waals surface area contributed by atoms with E-state index in [-0.39, 0.29) is 0 Å². The van der Waals surface area contributed by atoms with E-state index in [1.807, 2.05) is 12.4 Å². The fraction of sp³-hybridized carbons (Fsp3) is 0.750. The maximum Gasteiger partial charge on any atom is 0.202 e. The van der Waals surface area contributed by atoms with E-state index in [1.165, 1.54) is 0 Å².